The topological polar surface area (TPSA) is 34.9 Å². The molecule has 0 saturated heterocycles. The van der Waals surface area contributed by atoms with Crippen molar-refractivity contribution in [1.29, 1.82) is 0 Å². The van der Waals surface area contributed by atoms with Gasteiger partial charge < -0.3 is 0 Å². The van der Waals surface area contributed by atoms with Gasteiger partial charge in [0.2, 0.25) is 0 Å². The van der Waals surface area contributed by atoms with Crippen LogP contribution in [0.2, 0.25) is 0 Å². The van der Waals surface area contributed by atoms with Crippen LogP contribution in [0.4, 0.5) is 0 Å². The van der Waals surface area contributed by atoms with Crippen molar-refractivity contribution in [2.24, 2.45) is 0 Å². The predicted molar refractivity (Wildman–Crippen MR) is 52.9 cm³/mol. The highest BCUT2D eigenvalue weighted by Crippen LogP contribution is 2.11. The minimum Gasteiger partial charge on any atom is -0.297 e. The van der Waals surface area contributed by atoms with Crippen molar-refractivity contribution >= 4 is 18.1 Å². The summed E-state index contributed by atoms with van der Waals surface area (Å²) >= 11 is 0. The second-order valence-electron chi connectivity index (χ2n) is 2.86. The standard InChI is InChI=1S/C10H12N2O/c1-4-10-11-5-6-12(10)9(7-13)8(2)3/h4-7H,1H2,2-3H3. The molecule has 68 valence electrons. The average molecular weight is 176 g/mol. The number of rotatable bonds is 3. The SMILES string of the molecule is C=Cc1nccn1C(C=O)=C(C)C. The molecule has 0 amide bonds. The van der Waals surface area contributed by atoms with Gasteiger partial charge in [0, 0.05) is 12.4 Å². The molecule has 0 aromatic carbocycles. The van der Waals surface area contributed by atoms with Gasteiger partial charge in [-0.15, -0.1) is 0 Å². The van der Waals surface area contributed by atoms with Crippen molar-refractivity contribution in [2.75, 3.05) is 0 Å². The molecule has 1 rings (SSSR count). The first-order valence-electron chi connectivity index (χ1n) is 3.99. The van der Waals surface area contributed by atoms with Crippen molar-refractivity contribution in [3.05, 3.63) is 30.4 Å². The van der Waals surface area contributed by atoms with Crippen LogP contribution in [0.1, 0.15) is 19.7 Å². The van der Waals surface area contributed by atoms with Crippen LogP contribution in [0, 0.1) is 0 Å². The monoisotopic (exact) mass is 176 g/mol. The minimum absolute atomic E-state index is 0.618. The first-order chi connectivity index (χ1) is 6.20. The summed E-state index contributed by atoms with van der Waals surface area (Å²) in [6, 6.07) is 0. The molecule has 0 fully saturated rings. The molecule has 13 heavy (non-hydrogen) atoms. The van der Waals surface area contributed by atoms with E-state index < -0.39 is 0 Å². The van der Waals surface area contributed by atoms with Gasteiger partial charge in [-0.25, -0.2) is 4.98 Å². The third-order valence-electron chi connectivity index (χ3n) is 1.74. The lowest BCUT2D eigenvalue weighted by molar-refractivity contribution is -0.103. The fourth-order valence-electron chi connectivity index (χ4n) is 1.09. The van der Waals surface area contributed by atoms with Crippen molar-refractivity contribution < 1.29 is 4.79 Å². The van der Waals surface area contributed by atoms with E-state index >= 15 is 0 Å². The summed E-state index contributed by atoms with van der Waals surface area (Å²) in [6.45, 7) is 7.39. The van der Waals surface area contributed by atoms with Crippen LogP contribution in [0.5, 0.6) is 0 Å². The number of carbonyl (C=O) groups excluding carboxylic acids is 1. The summed E-state index contributed by atoms with van der Waals surface area (Å²) in [7, 11) is 0. The van der Waals surface area contributed by atoms with E-state index in [0.717, 1.165) is 11.9 Å². The Morgan fingerprint density at radius 2 is 2.31 bits per heavy atom. The summed E-state index contributed by atoms with van der Waals surface area (Å²) in [5.74, 6) is 0.684. The van der Waals surface area contributed by atoms with Crippen LogP contribution in [0.3, 0.4) is 0 Å². The Hall–Kier alpha value is -1.64. The zero-order valence-corrected chi connectivity index (χ0v) is 7.82. The first-order valence-corrected chi connectivity index (χ1v) is 3.99. The van der Waals surface area contributed by atoms with Crippen molar-refractivity contribution in [3.63, 3.8) is 0 Å². The van der Waals surface area contributed by atoms with E-state index in [1.54, 1.807) is 23.0 Å². The third-order valence-corrected chi connectivity index (χ3v) is 1.74. The molecule has 1 aromatic heterocycles. The number of imidazole rings is 1. The Morgan fingerprint density at radius 1 is 1.62 bits per heavy atom. The second kappa shape index (κ2) is 3.85. The molecule has 0 spiro atoms. The smallest absolute Gasteiger partial charge is 0.166 e. The van der Waals surface area contributed by atoms with Crippen LogP contribution in [0.15, 0.2) is 24.5 Å². The number of hydrogen-bond donors (Lipinski definition) is 0. The lowest BCUT2D eigenvalue weighted by atomic mass is 10.2. The molecule has 1 aromatic rings. The van der Waals surface area contributed by atoms with E-state index in [0.29, 0.717) is 11.5 Å². The van der Waals surface area contributed by atoms with Gasteiger partial charge in [0.05, 0.1) is 5.70 Å². The maximum absolute atomic E-state index is 10.8. The van der Waals surface area contributed by atoms with Crippen LogP contribution in [-0.2, 0) is 4.79 Å². The maximum Gasteiger partial charge on any atom is 0.166 e. The van der Waals surface area contributed by atoms with Gasteiger partial charge in [0.15, 0.2) is 6.29 Å². The molecule has 0 aliphatic carbocycles. The Balaban J connectivity index is 3.27. The zero-order chi connectivity index (χ0) is 9.84. The highest BCUT2D eigenvalue weighted by molar-refractivity contribution is 6.00. The summed E-state index contributed by atoms with van der Waals surface area (Å²) in [4.78, 5) is 14.8. The average Bonchev–Trinajstić information content (AvgIpc) is 2.53. The van der Waals surface area contributed by atoms with Gasteiger partial charge in [0.25, 0.3) is 0 Å². The Morgan fingerprint density at radius 3 is 2.77 bits per heavy atom. The van der Waals surface area contributed by atoms with E-state index in [4.69, 9.17) is 0 Å². The van der Waals surface area contributed by atoms with Crippen molar-refractivity contribution in [1.82, 2.24) is 9.55 Å². The highest BCUT2D eigenvalue weighted by Gasteiger charge is 2.04. The quantitative estimate of drug-likeness (QED) is 0.521. The van der Waals surface area contributed by atoms with E-state index in [1.807, 2.05) is 13.8 Å². The lowest BCUT2D eigenvalue weighted by Crippen LogP contribution is -2.01. The predicted octanol–water partition coefficient (Wildman–Crippen LogP) is 1.98. The third kappa shape index (κ3) is 1.75. The molecule has 1 heterocycles. The normalized spacial score (nSPS) is 9.38. The molecule has 0 aliphatic heterocycles. The minimum atomic E-state index is 0.618. The van der Waals surface area contributed by atoms with Gasteiger partial charge in [-0.05, 0) is 25.5 Å². The number of carbonyl (C=O) groups is 1. The summed E-state index contributed by atoms with van der Waals surface area (Å²) in [6.07, 6.45) is 5.83. The van der Waals surface area contributed by atoms with Crippen LogP contribution in [-0.4, -0.2) is 15.8 Å². The lowest BCUT2D eigenvalue weighted by Gasteiger charge is -2.05. The zero-order valence-electron chi connectivity index (χ0n) is 7.82. The summed E-state index contributed by atoms with van der Waals surface area (Å²) < 4.78 is 1.72. The van der Waals surface area contributed by atoms with Gasteiger partial charge in [-0.2, -0.15) is 0 Å². The molecular formula is C10H12N2O. The van der Waals surface area contributed by atoms with E-state index in [1.165, 1.54) is 0 Å². The van der Waals surface area contributed by atoms with Crippen LogP contribution >= 0.6 is 0 Å². The molecule has 3 nitrogen and oxygen atoms in total. The molecule has 0 radical (unpaired) electrons. The fourth-order valence-corrected chi connectivity index (χ4v) is 1.09. The van der Waals surface area contributed by atoms with Gasteiger partial charge >= 0.3 is 0 Å². The van der Waals surface area contributed by atoms with E-state index in [-0.39, 0.29) is 0 Å². The van der Waals surface area contributed by atoms with E-state index in [9.17, 15) is 4.79 Å². The van der Waals surface area contributed by atoms with Crippen molar-refractivity contribution in [3.8, 4) is 0 Å². The molecule has 3 heteroatoms. The highest BCUT2D eigenvalue weighted by atomic mass is 16.1. The molecule has 0 atom stereocenters. The second-order valence-corrected chi connectivity index (χ2v) is 2.86. The van der Waals surface area contributed by atoms with Gasteiger partial charge in [-0.1, -0.05) is 6.58 Å². The number of nitrogens with zero attached hydrogens (tertiary/aromatic N) is 2. The summed E-state index contributed by atoms with van der Waals surface area (Å²) in [5.41, 5.74) is 1.57. The fraction of sp³-hybridized carbons (Fsp3) is 0.200. The summed E-state index contributed by atoms with van der Waals surface area (Å²) in [5, 5.41) is 0. The molecule has 0 N–H and O–H groups in total. The molecule has 0 bridgehead atoms. The van der Waals surface area contributed by atoms with E-state index in [2.05, 4.69) is 11.6 Å². The number of allylic oxidation sites excluding steroid dienone is 2. The number of aromatic nitrogens is 2. The van der Waals surface area contributed by atoms with Crippen LogP contribution < -0.4 is 0 Å². The molecule has 0 aliphatic rings. The first kappa shape index (κ1) is 9.45. The molecule has 0 unspecified atom stereocenters. The van der Waals surface area contributed by atoms with Crippen molar-refractivity contribution in [2.45, 2.75) is 13.8 Å². The Labute approximate surface area is 77.4 Å². The van der Waals surface area contributed by atoms with Gasteiger partial charge in [-0.3, -0.25) is 9.36 Å². The maximum atomic E-state index is 10.8. The van der Waals surface area contributed by atoms with Crippen LogP contribution in [0.25, 0.3) is 11.8 Å². The Bertz CT molecular complexity index is 357. The van der Waals surface area contributed by atoms with Gasteiger partial charge in [0.1, 0.15) is 5.82 Å². The Kier molecular flexibility index (Phi) is 2.80. The number of aldehydes is 1. The molecular weight excluding hydrogens is 164 g/mol. The number of hydrogen-bond acceptors (Lipinski definition) is 2. The largest absolute Gasteiger partial charge is 0.297 e. The molecule has 0 saturated carbocycles.